The Kier molecular flexibility index (Phi) is 3.44. The molecule has 1 unspecified atom stereocenters. The predicted molar refractivity (Wildman–Crippen MR) is 79.8 cm³/mol. The Bertz CT molecular complexity index is 626. The zero-order valence-corrected chi connectivity index (χ0v) is 11.9. The van der Waals surface area contributed by atoms with Crippen molar-refractivity contribution >= 4 is 22.5 Å². The van der Waals surface area contributed by atoms with Crippen LogP contribution in [0.4, 0.5) is 5.69 Å². The van der Waals surface area contributed by atoms with Crippen molar-refractivity contribution in [2.45, 2.75) is 38.8 Å². The number of nitrogens with one attached hydrogen (secondary N) is 2. The molecule has 1 saturated heterocycles. The largest absolute Gasteiger partial charge is 0.325 e. The van der Waals surface area contributed by atoms with Crippen molar-refractivity contribution < 1.29 is 4.79 Å². The van der Waals surface area contributed by atoms with Crippen LogP contribution < -0.4 is 10.6 Å². The highest BCUT2D eigenvalue weighted by Gasteiger charge is 2.22. The fourth-order valence-corrected chi connectivity index (χ4v) is 2.66. The standard InChI is InChI=1S/C15H20N4O/c1-10(2)19-14-8-12(6-5-11(14)9-17-19)18-15(20)13-4-3-7-16-13/h5-6,8-10,13,16H,3-4,7H2,1-2H3,(H,18,20). The summed E-state index contributed by atoms with van der Waals surface area (Å²) in [5.74, 6) is 0.0532. The molecule has 5 nitrogen and oxygen atoms in total. The van der Waals surface area contributed by atoms with Gasteiger partial charge in [-0.1, -0.05) is 0 Å². The van der Waals surface area contributed by atoms with Crippen LogP contribution in [-0.2, 0) is 4.79 Å². The normalized spacial score (nSPS) is 18.9. The van der Waals surface area contributed by atoms with Gasteiger partial charge in [0.2, 0.25) is 5.91 Å². The van der Waals surface area contributed by atoms with Crippen LogP contribution in [0.5, 0.6) is 0 Å². The summed E-state index contributed by atoms with van der Waals surface area (Å²) in [6, 6.07) is 6.17. The van der Waals surface area contributed by atoms with Gasteiger partial charge >= 0.3 is 0 Å². The number of nitrogens with zero attached hydrogens (tertiary/aromatic N) is 2. The highest BCUT2D eigenvalue weighted by Crippen LogP contribution is 2.22. The summed E-state index contributed by atoms with van der Waals surface area (Å²) >= 11 is 0. The topological polar surface area (TPSA) is 59.0 Å². The summed E-state index contributed by atoms with van der Waals surface area (Å²) < 4.78 is 1.97. The first-order valence-corrected chi connectivity index (χ1v) is 7.16. The lowest BCUT2D eigenvalue weighted by Gasteiger charge is -2.12. The molecule has 0 bridgehead atoms. The number of aromatic nitrogens is 2. The molecule has 1 atom stereocenters. The fourth-order valence-electron chi connectivity index (χ4n) is 2.66. The second-order valence-electron chi connectivity index (χ2n) is 5.59. The zero-order chi connectivity index (χ0) is 14.1. The molecule has 1 fully saturated rings. The van der Waals surface area contributed by atoms with Gasteiger partial charge in [0.15, 0.2) is 0 Å². The van der Waals surface area contributed by atoms with Crippen LogP contribution in [0.3, 0.4) is 0 Å². The van der Waals surface area contributed by atoms with Crippen LogP contribution in [-0.4, -0.2) is 28.3 Å². The Labute approximate surface area is 118 Å². The lowest BCUT2D eigenvalue weighted by atomic mass is 10.2. The number of anilines is 1. The molecule has 5 heteroatoms. The fraction of sp³-hybridized carbons (Fsp3) is 0.467. The van der Waals surface area contributed by atoms with Crippen molar-refractivity contribution in [1.29, 1.82) is 0 Å². The van der Waals surface area contributed by atoms with Crippen LogP contribution >= 0.6 is 0 Å². The molecule has 2 heterocycles. The molecule has 2 aromatic rings. The van der Waals surface area contributed by atoms with E-state index in [2.05, 4.69) is 29.6 Å². The van der Waals surface area contributed by atoms with Gasteiger partial charge in [-0.3, -0.25) is 9.48 Å². The molecule has 1 aliphatic heterocycles. The minimum absolute atomic E-state index is 0.0532. The molecule has 0 radical (unpaired) electrons. The number of amides is 1. The minimum atomic E-state index is -0.0549. The molecule has 0 aliphatic carbocycles. The molecule has 20 heavy (non-hydrogen) atoms. The summed E-state index contributed by atoms with van der Waals surface area (Å²) in [5, 5.41) is 11.7. The second kappa shape index (κ2) is 5.25. The van der Waals surface area contributed by atoms with Gasteiger partial charge in [0.05, 0.1) is 17.8 Å². The molecule has 1 aromatic carbocycles. The Morgan fingerprint density at radius 1 is 1.50 bits per heavy atom. The van der Waals surface area contributed by atoms with Crippen LogP contribution in [0, 0.1) is 0 Å². The number of benzene rings is 1. The maximum atomic E-state index is 12.1. The first-order chi connectivity index (χ1) is 9.65. The second-order valence-corrected chi connectivity index (χ2v) is 5.59. The van der Waals surface area contributed by atoms with Gasteiger partial charge in [-0.25, -0.2) is 0 Å². The van der Waals surface area contributed by atoms with E-state index in [1.165, 1.54) is 0 Å². The van der Waals surface area contributed by atoms with Crippen LogP contribution in [0.2, 0.25) is 0 Å². The number of carbonyl (C=O) groups excluding carboxylic acids is 1. The predicted octanol–water partition coefficient (Wildman–Crippen LogP) is 2.31. The van der Waals surface area contributed by atoms with Crippen molar-refractivity contribution in [3.8, 4) is 0 Å². The van der Waals surface area contributed by atoms with E-state index >= 15 is 0 Å². The van der Waals surface area contributed by atoms with Crippen molar-refractivity contribution in [1.82, 2.24) is 15.1 Å². The van der Waals surface area contributed by atoms with Crippen molar-refractivity contribution in [2.24, 2.45) is 0 Å². The number of hydrogen-bond acceptors (Lipinski definition) is 3. The Hall–Kier alpha value is -1.88. The molecule has 3 rings (SSSR count). The third-order valence-corrected chi connectivity index (χ3v) is 3.73. The van der Waals surface area contributed by atoms with E-state index in [-0.39, 0.29) is 11.9 Å². The quantitative estimate of drug-likeness (QED) is 0.901. The van der Waals surface area contributed by atoms with Crippen molar-refractivity contribution in [2.75, 3.05) is 11.9 Å². The summed E-state index contributed by atoms with van der Waals surface area (Å²) in [4.78, 5) is 12.1. The molecule has 1 aliphatic rings. The Morgan fingerprint density at radius 2 is 2.35 bits per heavy atom. The third kappa shape index (κ3) is 2.41. The molecular formula is C15H20N4O. The van der Waals surface area contributed by atoms with Crippen LogP contribution in [0.15, 0.2) is 24.4 Å². The lowest BCUT2D eigenvalue weighted by Crippen LogP contribution is -2.35. The highest BCUT2D eigenvalue weighted by atomic mass is 16.2. The lowest BCUT2D eigenvalue weighted by molar-refractivity contribution is -0.117. The van der Waals surface area contributed by atoms with Gasteiger partial charge in [-0.15, -0.1) is 0 Å². The van der Waals surface area contributed by atoms with E-state index in [4.69, 9.17) is 0 Å². The molecule has 1 amide bonds. The Balaban J connectivity index is 1.84. The average Bonchev–Trinajstić information content (AvgIpc) is 3.07. The third-order valence-electron chi connectivity index (χ3n) is 3.73. The van der Waals surface area contributed by atoms with E-state index in [1.807, 2.05) is 29.1 Å². The van der Waals surface area contributed by atoms with Crippen molar-refractivity contribution in [3.05, 3.63) is 24.4 Å². The molecule has 1 aromatic heterocycles. The molecule has 0 saturated carbocycles. The van der Waals surface area contributed by atoms with E-state index in [0.29, 0.717) is 6.04 Å². The summed E-state index contributed by atoms with van der Waals surface area (Å²) in [6.07, 6.45) is 3.84. The van der Waals surface area contributed by atoms with Crippen LogP contribution in [0.1, 0.15) is 32.7 Å². The molecule has 106 valence electrons. The average molecular weight is 272 g/mol. The van der Waals surface area contributed by atoms with Gasteiger partial charge in [0, 0.05) is 17.1 Å². The smallest absolute Gasteiger partial charge is 0.241 e. The zero-order valence-electron chi connectivity index (χ0n) is 11.9. The summed E-state index contributed by atoms with van der Waals surface area (Å²) in [7, 11) is 0. The van der Waals surface area contributed by atoms with Gasteiger partial charge < -0.3 is 10.6 Å². The first-order valence-electron chi connectivity index (χ1n) is 7.16. The summed E-state index contributed by atoms with van der Waals surface area (Å²) in [5.41, 5.74) is 1.88. The van der Waals surface area contributed by atoms with Gasteiger partial charge in [-0.05, 0) is 51.4 Å². The first kappa shape index (κ1) is 13.1. The SMILES string of the molecule is CC(C)n1ncc2ccc(NC(=O)C3CCCN3)cc21. The van der Waals surface area contributed by atoms with Gasteiger partial charge in [0.1, 0.15) is 0 Å². The van der Waals surface area contributed by atoms with Gasteiger partial charge in [-0.2, -0.15) is 5.10 Å². The number of carbonyl (C=O) groups is 1. The monoisotopic (exact) mass is 272 g/mol. The summed E-state index contributed by atoms with van der Waals surface area (Å²) in [6.45, 7) is 5.12. The van der Waals surface area contributed by atoms with E-state index in [9.17, 15) is 4.79 Å². The Morgan fingerprint density at radius 3 is 3.05 bits per heavy atom. The number of fused-ring (bicyclic) bond motifs is 1. The van der Waals surface area contributed by atoms with Gasteiger partial charge in [0.25, 0.3) is 0 Å². The van der Waals surface area contributed by atoms with E-state index in [1.54, 1.807) is 0 Å². The maximum Gasteiger partial charge on any atom is 0.241 e. The molecular weight excluding hydrogens is 252 g/mol. The van der Waals surface area contributed by atoms with E-state index < -0.39 is 0 Å². The number of rotatable bonds is 3. The maximum absolute atomic E-state index is 12.1. The highest BCUT2D eigenvalue weighted by molar-refractivity contribution is 5.96. The van der Waals surface area contributed by atoms with E-state index in [0.717, 1.165) is 36.0 Å². The van der Waals surface area contributed by atoms with Crippen LogP contribution in [0.25, 0.3) is 10.9 Å². The number of hydrogen-bond donors (Lipinski definition) is 2. The molecule has 0 spiro atoms. The van der Waals surface area contributed by atoms with Crippen molar-refractivity contribution in [3.63, 3.8) is 0 Å². The minimum Gasteiger partial charge on any atom is -0.325 e. The molecule has 2 N–H and O–H groups in total.